The largest absolute Gasteiger partial charge is 0.306 e. The second-order valence-corrected chi connectivity index (χ2v) is 4.99. The summed E-state index contributed by atoms with van der Waals surface area (Å²) in [5, 5.41) is 3.54. The van der Waals surface area contributed by atoms with Crippen molar-refractivity contribution in [2.24, 2.45) is 0 Å². The van der Waals surface area contributed by atoms with Crippen LogP contribution < -0.4 is 5.32 Å². The van der Waals surface area contributed by atoms with Crippen molar-refractivity contribution in [1.29, 1.82) is 0 Å². The summed E-state index contributed by atoms with van der Waals surface area (Å²) in [5.74, 6) is 0. The summed E-state index contributed by atoms with van der Waals surface area (Å²) in [6, 6.07) is 8.24. The predicted octanol–water partition coefficient (Wildman–Crippen LogP) is 3.03. The predicted molar refractivity (Wildman–Crippen MR) is 84.0 cm³/mol. The van der Waals surface area contributed by atoms with E-state index in [0.29, 0.717) is 0 Å². The van der Waals surface area contributed by atoms with Crippen LogP contribution in [0.5, 0.6) is 0 Å². The average Bonchev–Trinajstić information content (AvgIpc) is 2.53. The van der Waals surface area contributed by atoms with Gasteiger partial charge in [-0.3, -0.25) is 15.0 Å². The molecule has 1 atom stereocenters. The van der Waals surface area contributed by atoms with E-state index in [0.717, 1.165) is 23.1 Å². The van der Waals surface area contributed by atoms with E-state index < -0.39 is 0 Å². The highest BCUT2D eigenvalue weighted by atomic mass is 14.9. The van der Waals surface area contributed by atoms with Crippen LogP contribution in [0, 0.1) is 6.92 Å². The van der Waals surface area contributed by atoms with Gasteiger partial charge in [0.05, 0.1) is 17.1 Å². The molecule has 0 bridgehead atoms. The van der Waals surface area contributed by atoms with Crippen molar-refractivity contribution in [2.75, 3.05) is 6.54 Å². The Morgan fingerprint density at radius 1 is 1.05 bits per heavy atom. The molecular weight excluding hydrogens is 260 g/mol. The Hall–Kier alpha value is -2.33. The zero-order valence-electron chi connectivity index (χ0n) is 12.2. The summed E-state index contributed by atoms with van der Waals surface area (Å²) < 4.78 is 0. The lowest BCUT2D eigenvalue weighted by Crippen LogP contribution is -2.23. The van der Waals surface area contributed by atoms with Gasteiger partial charge in [-0.05, 0) is 36.7 Å². The Kier molecular flexibility index (Phi) is 3.88. The third-order valence-electron chi connectivity index (χ3n) is 3.64. The summed E-state index contributed by atoms with van der Waals surface area (Å²) in [5.41, 5.74) is 5.39. The van der Waals surface area contributed by atoms with Gasteiger partial charge in [0.1, 0.15) is 0 Å². The molecule has 0 aliphatic heterocycles. The van der Waals surface area contributed by atoms with E-state index in [1.54, 1.807) is 12.4 Å². The molecule has 0 amide bonds. The summed E-state index contributed by atoms with van der Waals surface area (Å²) in [4.78, 5) is 13.2. The topological polar surface area (TPSA) is 50.7 Å². The van der Waals surface area contributed by atoms with Gasteiger partial charge in [-0.2, -0.15) is 0 Å². The number of nitrogens with one attached hydrogen (secondary N) is 1. The molecule has 1 aromatic carbocycles. The maximum absolute atomic E-state index is 4.52. The number of fused-ring (bicyclic) bond motifs is 1. The minimum Gasteiger partial charge on any atom is -0.306 e. The molecule has 0 fully saturated rings. The molecule has 0 spiro atoms. The Labute approximate surface area is 124 Å². The number of para-hydroxylation sites is 1. The van der Waals surface area contributed by atoms with Crippen molar-refractivity contribution in [2.45, 2.75) is 19.9 Å². The van der Waals surface area contributed by atoms with Gasteiger partial charge < -0.3 is 5.32 Å². The summed E-state index contributed by atoms with van der Waals surface area (Å²) in [7, 11) is 0. The summed E-state index contributed by atoms with van der Waals surface area (Å²) >= 11 is 0. The third-order valence-corrected chi connectivity index (χ3v) is 3.64. The van der Waals surface area contributed by atoms with Gasteiger partial charge in [0.25, 0.3) is 0 Å². The molecule has 2 aromatic heterocycles. The van der Waals surface area contributed by atoms with Gasteiger partial charge in [0, 0.05) is 30.4 Å². The van der Waals surface area contributed by atoms with Crippen LogP contribution in [0.25, 0.3) is 11.0 Å². The van der Waals surface area contributed by atoms with Crippen LogP contribution in [-0.2, 0) is 0 Å². The molecule has 3 rings (SSSR count). The Bertz CT molecular complexity index is 749. The second kappa shape index (κ2) is 5.97. The fourth-order valence-corrected chi connectivity index (χ4v) is 2.62. The van der Waals surface area contributed by atoms with Crippen LogP contribution >= 0.6 is 0 Å². The maximum Gasteiger partial charge on any atom is 0.0937 e. The van der Waals surface area contributed by atoms with Gasteiger partial charge in [-0.1, -0.05) is 19.1 Å². The molecule has 0 aliphatic carbocycles. The molecule has 4 heteroatoms. The molecule has 2 heterocycles. The van der Waals surface area contributed by atoms with E-state index in [4.69, 9.17) is 0 Å². The van der Waals surface area contributed by atoms with E-state index >= 15 is 0 Å². The summed E-state index contributed by atoms with van der Waals surface area (Å²) in [6.07, 6.45) is 7.22. The molecule has 0 radical (unpaired) electrons. The summed E-state index contributed by atoms with van der Waals surface area (Å²) in [6.45, 7) is 5.09. The maximum atomic E-state index is 4.52. The fourth-order valence-electron chi connectivity index (χ4n) is 2.62. The normalized spacial score (nSPS) is 12.5. The number of rotatable bonds is 4. The van der Waals surface area contributed by atoms with Crippen molar-refractivity contribution >= 4 is 11.0 Å². The first-order valence-corrected chi connectivity index (χ1v) is 7.14. The molecule has 1 unspecified atom stereocenters. The monoisotopic (exact) mass is 278 g/mol. The van der Waals surface area contributed by atoms with Crippen molar-refractivity contribution in [3.05, 3.63) is 65.7 Å². The SMILES string of the molecule is CCNC(c1cnccc1C)c1cccc2nccnc12. The lowest BCUT2D eigenvalue weighted by Gasteiger charge is -2.21. The third kappa shape index (κ3) is 2.62. The van der Waals surface area contributed by atoms with Crippen LogP contribution in [0.2, 0.25) is 0 Å². The molecule has 3 aromatic rings. The highest BCUT2D eigenvalue weighted by Gasteiger charge is 2.18. The fraction of sp³-hybridized carbons (Fsp3) is 0.235. The number of pyridine rings is 1. The zero-order valence-corrected chi connectivity index (χ0v) is 12.2. The Morgan fingerprint density at radius 2 is 1.90 bits per heavy atom. The molecule has 21 heavy (non-hydrogen) atoms. The molecule has 0 saturated heterocycles. The van der Waals surface area contributed by atoms with Gasteiger partial charge >= 0.3 is 0 Å². The number of benzene rings is 1. The lowest BCUT2D eigenvalue weighted by molar-refractivity contribution is 0.628. The van der Waals surface area contributed by atoms with Crippen LogP contribution in [0.4, 0.5) is 0 Å². The van der Waals surface area contributed by atoms with Crippen LogP contribution in [0.1, 0.15) is 29.7 Å². The number of hydrogen-bond acceptors (Lipinski definition) is 4. The molecule has 4 nitrogen and oxygen atoms in total. The minimum atomic E-state index is 0.0732. The van der Waals surface area contributed by atoms with Crippen LogP contribution in [0.3, 0.4) is 0 Å². The molecule has 1 N–H and O–H groups in total. The number of aromatic nitrogens is 3. The van der Waals surface area contributed by atoms with Gasteiger partial charge in [0.15, 0.2) is 0 Å². The molecule has 0 aliphatic rings. The van der Waals surface area contributed by atoms with Gasteiger partial charge in [-0.15, -0.1) is 0 Å². The smallest absolute Gasteiger partial charge is 0.0937 e. The number of aryl methyl sites for hydroxylation is 1. The van der Waals surface area contributed by atoms with E-state index in [9.17, 15) is 0 Å². The van der Waals surface area contributed by atoms with Crippen molar-refractivity contribution in [1.82, 2.24) is 20.3 Å². The first-order valence-electron chi connectivity index (χ1n) is 7.14. The standard InChI is InChI=1S/C17H18N4/c1-3-19-16(14-11-18-8-7-12(14)2)13-5-4-6-15-17(13)21-10-9-20-15/h4-11,16,19H,3H2,1-2H3. The second-order valence-electron chi connectivity index (χ2n) is 4.99. The van der Waals surface area contributed by atoms with E-state index in [-0.39, 0.29) is 6.04 Å². The number of hydrogen-bond donors (Lipinski definition) is 1. The van der Waals surface area contributed by atoms with Gasteiger partial charge in [-0.25, -0.2) is 0 Å². The van der Waals surface area contributed by atoms with E-state index in [2.05, 4.69) is 40.2 Å². The van der Waals surface area contributed by atoms with Crippen molar-refractivity contribution in [3.8, 4) is 0 Å². The van der Waals surface area contributed by atoms with Crippen LogP contribution in [0.15, 0.2) is 49.1 Å². The molecule has 0 saturated carbocycles. The lowest BCUT2D eigenvalue weighted by atomic mass is 9.95. The highest BCUT2D eigenvalue weighted by molar-refractivity contribution is 5.78. The van der Waals surface area contributed by atoms with Crippen molar-refractivity contribution < 1.29 is 0 Å². The van der Waals surface area contributed by atoms with E-state index in [1.165, 1.54) is 11.1 Å². The minimum absolute atomic E-state index is 0.0732. The first-order chi connectivity index (χ1) is 10.3. The van der Waals surface area contributed by atoms with Crippen LogP contribution in [-0.4, -0.2) is 21.5 Å². The van der Waals surface area contributed by atoms with Crippen molar-refractivity contribution in [3.63, 3.8) is 0 Å². The Morgan fingerprint density at radius 3 is 2.71 bits per heavy atom. The average molecular weight is 278 g/mol. The van der Waals surface area contributed by atoms with Gasteiger partial charge in [0.2, 0.25) is 0 Å². The number of nitrogens with zero attached hydrogens (tertiary/aromatic N) is 3. The highest BCUT2D eigenvalue weighted by Crippen LogP contribution is 2.28. The zero-order chi connectivity index (χ0) is 14.7. The first kappa shape index (κ1) is 13.6. The molecule has 106 valence electrons. The molecular formula is C17H18N4. The van der Waals surface area contributed by atoms with E-state index in [1.807, 2.05) is 30.6 Å². The Balaban J connectivity index is 2.19. The quantitative estimate of drug-likeness (QED) is 0.797.